The lowest BCUT2D eigenvalue weighted by atomic mass is 10.1. The maximum absolute atomic E-state index is 13.7. The van der Waals surface area contributed by atoms with Gasteiger partial charge in [-0.15, -0.1) is 11.3 Å². The van der Waals surface area contributed by atoms with E-state index in [-0.39, 0.29) is 30.4 Å². The van der Waals surface area contributed by atoms with Crippen LogP contribution in [0.4, 0.5) is 8.78 Å². The molecule has 0 atom stereocenters. The Kier molecular flexibility index (Phi) is 5.24. The summed E-state index contributed by atoms with van der Waals surface area (Å²) in [7, 11) is -3.64. The molecule has 3 rings (SSSR count). The van der Waals surface area contributed by atoms with Crippen LogP contribution < -0.4 is 0 Å². The van der Waals surface area contributed by atoms with Gasteiger partial charge < -0.3 is 4.90 Å². The van der Waals surface area contributed by atoms with E-state index in [1.165, 1.54) is 21.3 Å². The zero-order valence-electron chi connectivity index (χ0n) is 12.8. The molecule has 1 aliphatic heterocycles. The van der Waals surface area contributed by atoms with Crippen molar-refractivity contribution in [2.45, 2.75) is 4.21 Å². The summed E-state index contributed by atoms with van der Waals surface area (Å²) in [6.07, 6.45) is 0. The highest BCUT2D eigenvalue weighted by Gasteiger charge is 2.32. The summed E-state index contributed by atoms with van der Waals surface area (Å²) in [5.74, 6) is -2.63. The first-order chi connectivity index (χ1) is 11.8. The minimum atomic E-state index is -3.64. The van der Waals surface area contributed by atoms with E-state index in [1.807, 2.05) is 0 Å². The molecule has 1 amide bonds. The van der Waals surface area contributed by atoms with Crippen LogP contribution in [0.2, 0.25) is 0 Å². The average molecular weight is 451 g/mol. The summed E-state index contributed by atoms with van der Waals surface area (Å²) < 4.78 is 54.8. The highest BCUT2D eigenvalue weighted by atomic mass is 79.9. The fourth-order valence-electron chi connectivity index (χ4n) is 2.56. The Labute approximate surface area is 156 Å². The molecule has 0 spiro atoms. The minimum Gasteiger partial charge on any atom is -0.336 e. The molecule has 1 aliphatic rings. The number of rotatable bonds is 3. The van der Waals surface area contributed by atoms with E-state index in [4.69, 9.17) is 0 Å². The molecule has 1 fully saturated rings. The number of amides is 1. The van der Waals surface area contributed by atoms with Crippen LogP contribution in [-0.4, -0.2) is 49.7 Å². The molecule has 5 nitrogen and oxygen atoms in total. The molecule has 0 N–H and O–H groups in total. The van der Waals surface area contributed by atoms with E-state index in [0.717, 1.165) is 23.5 Å². The van der Waals surface area contributed by atoms with E-state index in [1.54, 1.807) is 6.07 Å². The molecule has 0 radical (unpaired) electrons. The Balaban J connectivity index is 1.73. The summed E-state index contributed by atoms with van der Waals surface area (Å²) in [6, 6.07) is 6.39. The second kappa shape index (κ2) is 7.10. The van der Waals surface area contributed by atoms with Crippen molar-refractivity contribution in [3.8, 4) is 0 Å². The molecular weight excluding hydrogens is 438 g/mol. The molecule has 1 saturated heterocycles. The third-order valence-corrected chi connectivity index (χ3v) is 7.83. The first kappa shape index (κ1) is 18.4. The molecule has 2 aromatic rings. The first-order valence-corrected chi connectivity index (χ1v) is 10.3. The van der Waals surface area contributed by atoms with Crippen LogP contribution in [0.1, 0.15) is 10.4 Å². The van der Waals surface area contributed by atoms with Gasteiger partial charge in [0.15, 0.2) is 0 Å². The Bertz CT molecular complexity index is 889. The van der Waals surface area contributed by atoms with Crippen LogP contribution in [0.15, 0.2) is 38.3 Å². The molecule has 1 aromatic carbocycles. The topological polar surface area (TPSA) is 57.7 Å². The molecule has 25 heavy (non-hydrogen) atoms. The second-order valence-electron chi connectivity index (χ2n) is 5.35. The van der Waals surface area contributed by atoms with Crippen LogP contribution in [0.3, 0.4) is 0 Å². The SMILES string of the molecule is O=C(c1c(F)cccc1F)N1CCN(S(=O)(=O)c2ccc(Br)s2)CC1. The monoisotopic (exact) mass is 450 g/mol. The van der Waals surface area contributed by atoms with Crippen molar-refractivity contribution in [2.24, 2.45) is 0 Å². The van der Waals surface area contributed by atoms with E-state index in [0.29, 0.717) is 3.79 Å². The third-order valence-electron chi connectivity index (χ3n) is 3.85. The minimum absolute atomic E-state index is 0.0678. The Morgan fingerprint density at radius 2 is 1.64 bits per heavy atom. The van der Waals surface area contributed by atoms with Gasteiger partial charge in [-0.3, -0.25) is 4.79 Å². The number of hydrogen-bond donors (Lipinski definition) is 0. The van der Waals surface area contributed by atoms with Crippen molar-refractivity contribution in [1.29, 1.82) is 0 Å². The van der Waals surface area contributed by atoms with Crippen molar-refractivity contribution in [3.63, 3.8) is 0 Å². The molecular formula is C15H13BrF2N2O3S2. The maximum atomic E-state index is 13.7. The van der Waals surface area contributed by atoms with Gasteiger partial charge in [0, 0.05) is 26.2 Å². The standard InChI is InChI=1S/C15H13BrF2N2O3S2/c16-12-4-5-13(24-12)25(22,23)20-8-6-19(7-9-20)15(21)14-10(17)2-1-3-11(14)18/h1-5H,6-9H2. The van der Waals surface area contributed by atoms with E-state index >= 15 is 0 Å². The van der Waals surface area contributed by atoms with Crippen molar-refractivity contribution in [1.82, 2.24) is 9.21 Å². The number of carbonyl (C=O) groups excluding carboxylic acids is 1. The zero-order valence-corrected chi connectivity index (χ0v) is 16.0. The Morgan fingerprint density at radius 3 is 2.16 bits per heavy atom. The van der Waals surface area contributed by atoms with Gasteiger partial charge in [0.05, 0.1) is 3.79 Å². The molecule has 0 aliphatic carbocycles. The van der Waals surface area contributed by atoms with Gasteiger partial charge in [-0.2, -0.15) is 4.31 Å². The molecule has 0 unspecified atom stereocenters. The molecule has 134 valence electrons. The predicted molar refractivity (Wildman–Crippen MR) is 93.0 cm³/mol. The van der Waals surface area contributed by atoms with Gasteiger partial charge in [-0.1, -0.05) is 6.07 Å². The van der Waals surface area contributed by atoms with Gasteiger partial charge in [-0.05, 0) is 40.2 Å². The van der Waals surface area contributed by atoms with Crippen molar-refractivity contribution < 1.29 is 22.0 Å². The number of nitrogens with zero attached hydrogens (tertiary/aromatic N) is 2. The van der Waals surface area contributed by atoms with Crippen molar-refractivity contribution >= 4 is 43.2 Å². The van der Waals surface area contributed by atoms with Gasteiger partial charge in [0.1, 0.15) is 21.4 Å². The molecule has 1 aromatic heterocycles. The number of benzene rings is 1. The average Bonchev–Trinajstić information content (AvgIpc) is 3.02. The van der Waals surface area contributed by atoms with E-state index in [9.17, 15) is 22.0 Å². The summed E-state index contributed by atoms with van der Waals surface area (Å²) in [4.78, 5) is 13.6. The lowest BCUT2D eigenvalue weighted by Crippen LogP contribution is -2.50. The summed E-state index contributed by atoms with van der Waals surface area (Å²) in [6.45, 7) is 0.274. The number of carbonyl (C=O) groups is 1. The lowest BCUT2D eigenvalue weighted by Gasteiger charge is -2.33. The fraction of sp³-hybridized carbons (Fsp3) is 0.267. The summed E-state index contributed by atoms with van der Waals surface area (Å²) in [5.41, 5.74) is -0.610. The lowest BCUT2D eigenvalue weighted by molar-refractivity contribution is 0.0688. The molecule has 0 saturated carbocycles. The second-order valence-corrected chi connectivity index (χ2v) is 9.98. The van der Waals surface area contributed by atoms with Crippen LogP contribution >= 0.6 is 27.3 Å². The predicted octanol–water partition coefficient (Wildman–Crippen LogP) is 2.94. The first-order valence-electron chi connectivity index (χ1n) is 7.29. The van der Waals surface area contributed by atoms with E-state index < -0.39 is 33.1 Å². The fourth-order valence-corrected chi connectivity index (χ4v) is 6.14. The summed E-state index contributed by atoms with van der Waals surface area (Å²) >= 11 is 4.33. The number of hydrogen-bond acceptors (Lipinski definition) is 4. The van der Waals surface area contributed by atoms with Gasteiger partial charge >= 0.3 is 0 Å². The smallest absolute Gasteiger partial charge is 0.259 e. The largest absolute Gasteiger partial charge is 0.336 e. The van der Waals surface area contributed by atoms with Gasteiger partial charge in [0.25, 0.3) is 15.9 Å². The van der Waals surface area contributed by atoms with Crippen molar-refractivity contribution in [3.05, 3.63) is 51.3 Å². The normalized spacial score (nSPS) is 16.2. The van der Waals surface area contributed by atoms with Crippen LogP contribution in [0.25, 0.3) is 0 Å². The summed E-state index contributed by atoms with van der Waals surface area (Å²) in [5, 5.41) is 0. The van der Waals surface area contributed by atoms with Gasteiger partial charge in [-0.25, -0.2) is 17.2 Å². The third kappa shape index (κ3) is 3.62. The number of piperazine rings is 1. The Morgan fingerprint density at radius 1 is 1.04 bits per heavy atom. The molecule has 2 heterocycles. The number of thiophene rings is 1. The van der Waals surface area contributed by atoms with Crippen molar-refractivity contribution in [2.75, 3.05) is 26.2 Å². The van der Waals surface area contributed by atoms with E-state index in [2.05, 4.69) is 15.9 Å². The quantitative estimate of drug-likeness (QED) is 0.722. The van der Waals surface area contributed by atoms with Gasteiger partial charge in [0.2, 0.25) is 0 Å². The Hall–Kier alpha value is -1.36. The highest BCUT2D eigenvalue weighted by molar-refractivity contribution is 9.11. The zero-order chi connectivity index (χ0) is 18.2. The van der Waals surface area contributed by atoms with Crippen LogP contribution in [0, 0.1) is 11.6 Å². The number of sulfonamides is 1. The molecule has 0 bridgehead atoms. The van der Waals surface area contributed by atoms with Crippen LogP contribution in [0.5, 0.6) is 0 Å². The molecule has 10 heteroatoms. The number of halogens is 3. The highest BCUT2D eigenvalue weighted by Crippen LogP contribution is 2.29. The maximum Gasteiger partial charge on any atom is 0.259 e. The van der Waals surface area contributed by atoms with Crippen LogP contribution in [-0.2, 0) is 10.0 Å².